The van der Waals surface area contributed by atoms with Crippen molar-refractivity contribution >= 4 is 0 Å². The van der Waals surface area contributed by atoms with E-state index in [0.717, 1.165) is 12.6 Å². The van der Waals surface area contributed by atoms with E-state index >= 15 is 0 Å². The molecule has 2 heteroatoms. The lowest BCUT2D eigenvalue weighted by Gasteiger charge is -2.27. The van der Waals surface area contributed by atoms with E-state index in [0.29, 0.717) is 6.04 Å². The third-order valence-electron chi connectivity index (χ3n) is 4.08. The zero-order valence-electron chi connectivity index (χ0n) is 12.2. The van der Waals surface area contributed by atoms with Crippen molar-refractivity contribution in [2.75, 3.05) is 19.6 Å². The molecular formula is C15H32N2. The van der Waals surface area contributed by atoms with Crippen molar-refractivity contribution in [3.05, 3.63) is 0 Å². The Balaban J connectivity index is 2.08. The summed E-state index contributed by atoms with van der Waals surface area (Å²) in [4.78, 5) is 2.71. The molecule has 2 unspecified atom stereocenters. The molecular weight excluding hydrogens is 208 g/mol. The third-order valence-corrected chi connectivity index (χ3v) is 4.08. The first-order valence-corrected chi connectivity index (χ1v) is 7.71. The second-order valence-electron chi connectivity index (χ2n) is 5.69. The lowest BCUT2D eigenvalue weighted by molar-refractivity contribution is 0.208. The van der Waals surface area contributed by atoms with Gasteiger partial charge in [-0.15, -0.1) is 0 Å². The summed E-state index contributed by atoms with van der Waals surface area (Å²) in [5, 5.41) is 3.49. The van der Waals surface area contributed by atoms with Gasteiger partial charge in [0.1, 0.15) is 0 Å². The van der Waals surface area contributed by atoms with Gasteiger partial charge in [0.2, 0.25) is 0 Å². The van der Waals surface area contributed by atoms with E-state index in [2.05, 4.69) is 31.0 Å². The number of nitrogens with zero attached hydrogens (tertiary/aromatic N) is 1. The molecule has 0 saturated carbocycles. The number of unbranched alkanes of at least 4 members (excludes halogenated alkanes) is 1. The fourth-order valence-electron chi connectivity index (χ4n) is 2.88. The van der Waals surface area contributed by atoms with Crippen LogP contribution in [0.3, 0.4) is 0 Å². The van der Waals surface area contributed by atoms with Crippen LogP contribution in [0.5, 0.6) is 0 Å². The first-order valence-electron chi connectivity index (χ1n) is 7.71. The van der Waals surface area contributed by atoms with Gasteiger partial charge in [-0.25, -0.2) is 0 Å². The molecule has 1 fully saturated rings. The molecule has 2 atom stereocenters. The maximum absolute atomic E-state index is 3.49. The predicted octanol–water partition coefficient (Wildman–Crippen LogP) is 3.42. The number of likely N-dealkylation sites (tertiary alicyclic amines) is 1. The van der Waals surface area contributed by atoms with Crippen LogP contribution in [0.1, 0.15) is 65.7 Å². The van der Waals surface area contributed by atoms with E-state index in [1.807, 2.05) is 0 Å². The second kappa shape index (κ2) is 8.93. The number of hydrogen-bond donors (Lipinski definition) is 1. The van der Waals surface area contributed by atoms with E-state index in [-0.39, 0.29) is 0 Å². The summed E-state index contributed by atoms with van der Waals surface area (Å²) in [6.45, 7) is 10.7. The van der Waals surface area contributed by atoms with Gasteiger partial charge in [-0.05, 0) is 59.2 Å². The van der Waals surface area contributed by atoms with Crippen molar-refractivity contribution in [3.8, 4) is 0 Å². The highest BCUT2D eigenvalue weighted by molar-refractivity contribution is 4.71. The Morgan fingerprint density at radius 3 is 2.82 bits per heavy atom. The van der Waals surface area contributed by atoms with Gasteiger partial charge in [0.25, 0.3) is 0 Å². The van der Waals surface area contributed by atoms with Gasteiger partial charge in [0, 0.05) is 12.1 Å². The Morgan fingerprint density at radius 1 is 1.24 bits per heavy atom. The topological polar surface area (TPSA) is 15.3 Å². The minimum absolute atomic E-state index is 0.696. The molecule has 0 amide bonds. The van der Waals surface area contributed by atoms with E-state index in [9.17, 15) is 0 Å². The van der Waals surface area contributed by atoms with Gasteiger partial charge < -0.3 is 10.2 Å². The summed E-state index contributed by atoms with van der Waals surface area (Å²) < 4.78 is 0. The normalized spacial score (nSPS) is 24.5. The molecule has 0 aromatic heterocycles. The van der Waals surface area contributed by atoms with E-state index in [4.69, 9.17) is 0 Å². The molecule has 2 nitrogen and oxygen atoms in total. The molecule has 0 aromatic rings. The lowest BCUT2D eigenvalue weighted by atomic mass is 10.1. The zero-order valence-corrected chi connectivity index (χ0v) is 12.2. The quantitative estimate of drug-likeness (QED) is 0.686. The molecule has 0 aliphatic carbocycles. The van der Waals surface area contributed by atoms with Crippen LogP contribution in [-0.4, -0.2) is 36.6 Å². The van der Waals surface area contributed by atoms with Gasteiger partial charge >= 0.3 is 0 Å². The van der Waals surface area contributed by atoms with Crippen molar-refractivity contribution in [3.63, 3.8) is 0 Å². The molecule has 0 bridgehead atoms. The van der Waals surface area contributed by atoms with Crippen LogP contribution in [0, 0.1) is 0 Å². The van der Waals surface area contributed by atoms with Crippen LogP contribution in [0.2, 0.25) is 0 Å². The monoisotopic (exact) mass is 240 g/mol. The molecule has 0 radical (unpaired) electrons. The van der Waals surface area contributed by atoms with Crippen molar-refractivity contribution < 1.29 is 0 Å². The smallest absolute Gasteiger partial charge is 0.00669 e. The van der Waals surface area contributed by atoms with Gasteiger partial charge in [-0.1, -0.05) is 26.2 Å². The Labute approximate surface area is 108 Å². The maximum atomic E-state index is 3.49. The molecule has 1 aliphatic rings. The Kier molecular flexibility index (Phi) is 7.87. The highest BCUT2D eigenvalue weighted by Crippen LogP contribution is 2.17. The lowest BCUT2D eigenvalue weighted by Crippen LogP contribution is -2.33. The Bertz CT molecular complexity index is 182. The van der Waals surface area contributed by atoms with Crippen LogP contribution >= 0.6 is 0 Å². The highest BCUT2D eigenvalue weighted by Gasteiger charge is 2.15. The summed E-state index contributed by atoms with van der Waals surface area (Å²) >= 11 is 0. The van der Waals surface area contributed by atoms with Crippen molar-refractivity contribution in [1.82, 2.24) is 10.2 Å². The SMILES string of the molecule is CCNC(C)CCCCN1CCCCCC1C. The molecule has 1 saturated heterocycles. The first-order chi connectivity index (χ1) is 8.24. The second-order valence-corrected chi connectivity index (χ2v) is 5.69. The maximum Gasteiger partial charge on any atom is 0.00669 e. The average molecular weight is 240 g/mol. The summed E-state index contributed by atoms with van der Waals surface area (Å²) in [6, 6.07) is 1.52. The number of hydrogen-bond acceptors (Lipinski definition) is 2. The molecule has 1 rings (SSSR count). The molecule has 17 heavy (non-hydrogen) atoms. The summed E-state index contributed by atoms with van der Waals surface area (Å²) in [6.07, 6.45) is 9.78. The fraction of sp³-hybridized carbons (Fsp3) is 1.00. The summed E-state index contributed by atoms with van der Waals surface area (Å²) in [5.41, 5.74) is 0. The zero-order chi connectivity index (χ0) is 12.5. The standard InChI is InChI=1S/C15H32N2/c1-4-16-14(2)10-7-9-13-17-12-8-5-6-11-15(17)3/h14-16H,4-13H2,1-3H3. The number of rotatable bonds is 7. The number of nitrogens with one attached hydrogen (secondary N) is 1. The van der Waals surface area contributed by atoms with E-state index < -0.39 is 0 Å². The summed E-state index contributed by atoms with van der Waals surface area (Å²) in [5.74, 6) is 0. The largest absolute Gasteiger partial charge is 0.315 e. The van der Waals surface area contributed by atoms with Crippen LogP contribution in [0.15, 0.2) is 0 Å². The average Bonchev–Trinajstić information content (AvgIpc) is 2.50. The van der Waals surface area contributed by atoms with Gasteiger partial charge in [0.15, 0.2) is 0 Å². The molecule has 0 aromatic carbocycles. The van der Waals surface area contributed by atoms with Gasteiger partial charge in [-0.2, -0.15) is 0 Å². The molecule has 1 heterocycles. The van der Waals surface area contributed by atoms with Crippen LogP contribution in [0.4, 0.5) is 0 Å². The summed E-state index contributed by atoms with van der Waals surface area (Å²) in [7, 11) is 0. The minimum Gasteiger partial charge on any atom is -0.315 e. The van der Waals surface area contributed by atoms with Crippen LogP contribution < -0.4 is 5.32 Å². The van der Waals surface area contributed by atoms with Crippen molar-refractivity contribution in [1.29, 1.82) is 0 Å². The molecule has 1 aliphatic heterocycles. The third kappa shape index (κ3) is 6.42. The van der Waals surface area contributed by atoms with Crippen molar-refractivity contribution in [2.45, 2.75) is 77.8 Å². The molecule has 102 valence electrons. The Morgan fingerprint density at radius 2 is 2.06 bits per heavy atom. The predicted molar refractivity (Wildman–Crippen MR) is 76.5 cm³/mol. The van der Waals surface area contributed by atoms with Crippen molar-refractivity contribution in [2.24, 2.45) is 0 Å². The van der Waals surface area contributed by atoms with Gasteiger partial charge in [0.05, 0.1) is 0 Å². The van der Waals surface area contributed by atoms with Crippen LogP contribution in [-0.2, 0) is 0 Å². The van der Waals surface area contributed by atoms with E-state index in [1.54, 1.807) is 0 Å². The molecule has 0 spiro atoms. The minimum atomic E-state index is 0.696. The van der Waals surface area contributed by atoms with Crippen LogP contribution in [0.25, 0.3) is 0 Å². The van der Waals surface area contributed by atoms with Gasteiger partial charge in [-0.3, -0.25) is 0 Å². The first kappa shape index (κ1) is 15.0. The highest BCUT2D eigenvalue weighted by atomic mass is 15.1. The fourth-order valence-corrected chi connectivity index (χ4v) is 2.88. The molecule has 1 N–H and O–H groups in total. The Hall–Kier alpha value is -0.0800. The van der Waals surface area contributed by atoms with E-state index in [1.165, 1.54) is 58.0 Å².